The lowest BCUT2D eigenvalue weighted by Gasteiger charge is -2.13. The van der Waals surface area contributed by atoms with Crippen molar-refractivity contribution in [3.05, 3.63) is 57.6 Å². The van der Waals surface area contributed by atoms with Crippen molar-refractivity contribution in [1.82, 2.24) is 20.6 Å². The second-order valence-corrected chi connectivity index (χ2v) is 8.20. The van der Waals surface area contributed by atoms with Crippen LogP contribution in [0.1, 0.15) is 11.1 Å². The van der Waals surface area contributed by atoms with Crippen molar-refractivity contribution in [3.8, 4) is 11.4 Å². The highest BCUT2D eigenvalue weighted by Crippen LogP contribution is 2.38. The van der Waals surface area contributed by atoms with E-state index in [1.165, 1.54) is 12.1 Å². The molecule has 3 rings (SSSR count). The average molecular weight is 437 g/mol. The molecule has 0 bridgehead atoms. The Bertz CT molecular complexity index is 1060. The highest BCUT2D eigenvalue weighted by Gasteiger charge is 2.34. The molecule has 1 heterocycles. The van der Waals surface area contributed by atoms with Crippen molar-refractivity contribution in [2.45, 2.75) is 16.8 Å². The van der Waals surface area contributed by atoms with Gasteiger partial charge in [-0.15, -0.1) is 10.2 Å². The van der Waals surface area contributed by atoms with E-state index in [1.54, 1.807) is 12.1 Å². The minimum atomic E-state index is -4.70. The largest absolute Gasteiger partial charge is 0.416 e. The first kappa shape index (κ1) is 19.6. The van der Waals surface area contributed by atoms with E-state index in [1.807, 2.05) is 0 Å². The van der Waals surface area contributed by atoms with E-state index in [0.717, 1.165) is 0 Å². The van der Waals surface area contributed by atoms with Gasteiger partial charge in [-0.2, -0.15) is 18.4 Å². The standard InChI is InChI=1S/C15H9Cl2F3N4O2S/c16-11-5-10(15(18,19)20)6-12(17)13(11)27(25,26)7-8-2-1-3-9(4-8)14-21-23-24-22-14/h1-6H,7H2,(H,21,22,23,24). The molecule has 3 aromatic rings. The van der Waals surface area contributed by atoms with E-state index >= 15 is 0 Å². The van der Waals surface area contributed by atoms with Gasteiger partial charge in [0.1, 0.15) is 4.90 Å². The van der Waals surface area contributed by atoms with Gasteiger partial charge in [-0.25, -0.2) is 8.42 Å². The summed E-state index contributed by atoms with van der Waals surface area (Å²) in [6.45, 7) is 0. The van der Waals surface area contributed by atoms with Crippen molar-refractivity contribution >= 4 is 33.0 Å². The lowest BCUT2D eigenvalue weighted by molar-refractivity contribution is -0.137. The Labute approximate surface area is 161 Å². The quantitative estimate of drug-likeness (QED) is 0.662. The summed E-state index contributed by atoms with van der Waals surface area (Å²) in [6, 6.07) is 7.37. The number of benzene rings is 2. The number of aromatic amines is 1. The van der Waals surface area contributed by atoms with E-state index in [2.05, 4.69) is 20.6 Å². The van der Waals surface area contributed by atoms with Crippen LogP contribution in [0.5, 0.6) is 0 Å². The van der Waals surface area contributed by atoms with E-state index in [0.29, 0.717) is 23.3 Å². The van der Waals surface area contributed by atoms with Crippen molar-refractivity contribution < 1.29 is 21.6 Å². The molecule has 0 aliphatic heterocycles. The highest BCUT2D eigenvalue weighted by atomic mass is 35.5. The first-order valence-corrected chi connectivity index (χ1v) is 9.60. The van der Waals surface area contributed by atoms with Gasteiger partial charge in [-0.1, -0.05) is 41.4 Å². The number of aromatic nitrogens is 4. The maximum atomic E-state index is 12.8. The topological polar surface area (TPSA) is 88.6 Å². The van der Waals surface area contributed by atoms with Crippen LogP contribution in [0, 0.1) is 0 Å². The molecule has 0 unspecified atom stereocenters. The summed E-state index contributed by atoms with van der Waals surface area (Å²) in [6.07, 6.45) is -4.70. The Kier molecular flexibility index (Phi) is 5.15. The van der Waals surface area contributed by atoms with Crippen LogP contribution in [0.25, 0.3) is 11.4 Å². The molecule has 2 aromatic carbocycles. The number of nitrogens with one attached hydrogen (secondary N) is 1. The summed E-state index contributed by atoms with van der Waals surface area (Å²) < 4.78 is 63.9. The Morgan fingerprint density at radius 1 is 1.07 bits per heavy atom. The van der Waals surface area contributed by atoms with Gasteiger partial charge in [0.2, 0.25) is 5.82 Å². The number of rotatable bonds is 4. The lowest BCUT2D eigenvalue weighted by Crippen LogP contribution is -2.10. The molecule has 0 spiro atoms. The third-order valence-electron chi connectivity index (χ3n) is 3.52. The third kappa shape index (κ3) is 4.23. The summed E-state index contributed by atoms with van der Waals surface area (Å²) in [5.74, 6) is -0.261. The molecule has 142 valence electrons. The van der Waals surface area contributed by atoms with Crippen LogP contribution in [0.4, 0.5) is 13.2 Å². The zero-order valence-electron chi connectivity index (χ0n) is 13.1. The molecule has 0 radical (unpaired) electrons. The zero-order chi connectivity index (χ0) is 19.8. The normalized spacial score (nSPS) is 12.3. The fourth-order valence-corrected chi connectivity index (χ4v) is 5.06. The monoisotopic (exact) mass is 436 g/mol. The van der Waals surface area contributed by atoms with Crippen molar-refractivity contribution in [3.63, 3.8) is 0 Å². The third-order valence-corrected chi connectivity index (χ3v) is 6.12. The SMILES string of the molecule is O=S(=O)(Cc1cccc(-c2nn[nH]n2)c1)c1c(Cl)cc(C(F)(F)F)cc1Cl. The number of sulfone groups is 1. The van der Waals surface area contributed by atoms with Crippen molar-refractivity contribution in [2.24, 2.45) is 0 Å². The minimum Gasteiger partial charge on any atom is -0.223 e. The van der Waals surface area contributed by atoms with Gasteiger partial charge in [-0.05, 0) is 29.0 Å². The second-order valence-electron chi connectivity index (χ2n) is 5.46. The molecule has 1 aromatic heterocycles. The molecular weight excluding hydrogens is 428 g/mol. The maximum Gasteiger partial charge on any atom is 0.416 e. The zero-order valence-corrected chi connectivity index (χ0v) is 15.5. The molecule has 0 amide bonds. The van der Waals surface area contributed by atoms with Crippen LogP contribution in [0.15, 0.2) is 41.3 Å². The molecule has 0 atom stereocenters. The Balaban J connectivity index is 1.98. The van der Waals surface area contributed by atoms with Gasteiger partial charge in [0.05, 0.1) is 21.4 Å². The van der Waals surface area contributed by atoms with Crippen LogP contribution in [0.2, 0.25) is 10.0 Å². The molecule has 27 heavy (non-hydrogen) atoms. The van der Waals surface area contributed by atoms with Gasteiger partial charge in [-0.3, -0.25) is 0 Å². The van der Waals surface area contributed by atoms with Crippen LogP contribution in [-0.2, 0) is 21.8 Å². The maximum absolute atomic E-state index is 12.8. The van der Waals surface area contributed by atoms with Crippen LogP contribution >= 0.6 is 23.2 Å². The number of H-pyrrole nitrogens is 1. The molecule has 6 nitrogen and oxygen atoms in total. The summed E-state index contributed by atoms with van der Waals surface area (Å²) >= 11 is 11.6. The van der Waals surface area contributed by atoms with Crippen LogP contribution in [-0.4, -0.2) is 29.0 Å². The molecule has 0 aliphatic rings. The number of alkyl halides is 3. The minimum absolute atomic E-state index is 0.264. The Hall–Kier alpha value is -2.17. The Morgan fingerprint density at radius 3 is 2.30 bits per heavy atom. The fraction of sp³-hybridized carbons (Fsp3) is 0.133. The number of tetrazole rings is 1. The molecule has 0 saturated carbocycles. The molecule has 0 fully saturated rings. The highest BCUT2D eigenvalue weighted by molar-refractivity contribution is 7.90. The molecule has 12 heteroatoms. The second kappa shape index (κ2) is 7.10. The van der Waals surface area contributed by atoms with Gasteiger partial charge in [0.25, 0.3) is 0 Å². The van der Waals surface area contributed by atoms with Crippen molar-refractivity contribution in [1.29, 1.82) is 0 Å². The van der Waals surface area contributed by atoms with Gasteiger partial charge >= 0.3 is 6.18 Å². The smallest absolute Gasteiger partial charge is 0.223 e. The molecule has 0 aliphatic carbocycles. The molecule has 0 saturated heterocycles. The first-order valence-electron chi connectivity index (χ1n) is 7.20. The molecular formula is C15H9Cl2F3N4O2S. The average Bonchev–Trinajstić information content (AvgIpc) is 3.07. The summed E-state index contributed by atoms with van der Waals surface area (Å²) in [7, 11) is -4.12. The van der Waals surface area contributed by atoms with Crippen LogP contribution < -0.4 is 0 Å². The van der Waals surface area contributed by atoms with Gasteiger partial charge < -0.3 is 0 Å². The summed E-state index contributed by atoms with van der Waals surface area (Å²) in [5, 5.41) is 12.1. The van der Waals surface area contributed by atoms with E-state index in [9.17, 15) is 21.6 Å². The summed E-state index contributed by atoms with van der Waals surface area (Å²) in [5.41, 5.74) is -0.263. The van der Waals surface area contributed by atoms with Crippen LogP contribution in [0.3, 0.4) is 0 Å². The van der Waals surface area contributed by atoms with Gasteiger partial charge in [0.15, 0.2) is 9.84 Å². The fourth-order valence-electron chi connectivity index (χ4n) is 2.40. The van der Waals surface area contributed by atoms with E-state index in [-0.39, 0.29) is 5.82 Å². The number of nitrogens with zero attached hydrogens (tertiary/aromatic N) is 3. The predicted octanol–water partition coefficient (Wildman–Crippen LogP) is 4.17. The molecule has 1 N–H and O–H groups in total. The number of hydrogen-bond donors (Lipinski definition) is 1. The Morgan fingerprint density at radius 2 is 1.74 bits per heavy atom. The van der Waals surface area contributed by atoms with E-state index < -0.39 is 42.3 Å². The lowest BCUT2D eigenvalue weighted by atomic mass is 10.1. The first-order chi connectivity index (χ1) is 12.6. The number of halogens is 5. The number of hydrogen-bond acceptors (Lipinski definition) is 5. The van der Waals surface area contributed by atoms with Crippen molar-refractivity contribution in [2.75, 3.05) is 0 Å². The van der Waals surface area contributed by atoms with E-state index in [4.69, 9.17) is 23.2 Å². The van der Waals surface area contributed by atoms with Gasteiger partial charge in [0, 0.05) is 5.56 Å². The predicted molar refractivity (Wildman–Crippen MR) is 92.0 cm³/mol. The summed E-state index contributed by atoms with van der Waals surface area (Å²) in [4.78, 5) is -0.552.